The van der Waals surface area contributed by atoms with Crippen molar-refractivity contribution in [1.82, 2.24) is 5.32 Å². The molecule has 0 heterocycles. The van der Waals surface area contributed by atoms with Crippen molar-refractivity contribution in [2.75, 3.05) is 7.05 Å². The zero-order valence-corrected chi connectivity index (χ0v) is 9.70. The van der Waals surface area contributed by atoms with Crippen LogP contribution in [-0.2, 0) is 6.54 Å². The van der Waals surface area contributed by atoms with Crippen molar-refractivity contribution in [1.29, 1.82) is 0 Å². The maximum atomic E-state index is 9.72. The normalized spacial score (nSPS) is 10.5. The minimum absolute atomic E-state index is 0.352. The molecule has 3 heteroatoms. The molecule has 1 rings (SSSR count). The van der Waals surface area contributed by atoms with Gasteiger partial charge in [0.05, 0.1) is 4.47 Å². The second-order valence-electron chi connectivity index (χ2n) is 3.17. The summed E-state index contributed by atoms with van der Waals surface area (Å²) in [6.45, 7) is 4.68. The number of nitrogens with one attached hydrogen (secondary N) is 1. The van der Waals surface area contributed by atoms with Gasteiger partial charge < -0.3 is 10.4 Å². The van der Waals surface area contributed by atoms with Gasteiger partial charge in [0.25, 0.3) is 0 Å². The lowest BCUT2D eigenvalue weighted by atomic mass is 10.0. The number of benzene rings is 1. The highest BCUT2D eigenvalue weighted by molar-refractivity contribution is 9.10. The maximum Gasteiger partial charge on any atom is 0.133 e. The van der Waals surface area contributed by atoms with Gasteiger partial charge in [-0.3, -0.25) is 0 Å². The standard InChI is InChI=1S/C10H14BrNO/c1-6-4-8(5-12-3)7(2)10(13)9(6)11/h4,12-13H,5H2,1-3H3. The number of aryl methyl sites for hydroxylation is 1. The van der Waals surface area contributed by atoms with Crippen LogP contribution in [0.3, 0.4) is 0 Å². The Morgan fingerprint density at radius 1 is 1.46 bits per heavy atom. The number of hydrogen-bond donors (Lipinski definition) is 2. The number of rotatable bonds is 2. The Hall–Kier alpha value is -0.540. The van der Waals surface area contributed by atoms with Crippen LogP contribution in [0.5, 0.6) is 5.75 Å². The number of halogens is 1. The molecule has 0 amide bonds. The first kappa shape index (κ1) is 10.5. The van der Waals surface area contributed by atoms with E-state index in [9.17, 15) is 5.11 Å². The molecule has 13 heavy (non-hydrogen) atoms. The van der Waals surface area contributed by atoms with Crippen LogP contribution in [0.2, 0.25) is 0 Å². The summed E-state index contributed by atoms with van der Waals surface area (Å²) >= 11 is 3.34. The summed E-state index contributed by atoms with van der Waals surface area (Å²) in [5, 5.41) is 12.8. The number of phenolic OH excluding ortho intramolecular Hbond substituents is 1. The van der Waals surface area contributed by atoms with E-state index in [1.54, 1.807) is 0 Å². The number of phenols is 1. The van der Waals surface area contributed by atoms with E-state index in [2.05, 4.69) is 27.3 Å². The molecule has 0 saturated heterocycles. The third kappa shape index (κ3) is 2.03. The molecular weight excluding hydrogens is 230 g/mol. The molecule has 0 saturated carbocycles. The van der Waals surface area contributed by atoms with Crippen molar-refractivity contribution in [2.45, 2.75) is 20.4 Å². The third-order valence-corrected chi connectivity index (χ3v) is 3.15. The SMILES string of the molecule is CNCc1cc(C)c(Br)c(O)c1C. The summed E-state index contributed by atoms with van der Waals surface area (Å²) in [5.41, 5.74) is 3.14. The molecule has 0 bridgehead atoms. The van der Waals surface area contributed by atoms with Crippen molar-refractivity contribution in [3.8, 4) is 5.75 Å². The first-order valence-corrected chi connectivity index (χ1v) is 4.99. The summed E-state index contributed by atoms with van der Waals surface area (Å²) in [7, 11) is 1.90. The highest BCUT2D eigenvalue weighted by Crippen LogP contribution is 2.32. The van der Waals surface area contributed by atoms with Gasteiger partial charge in [-0.05, 0) is 53.5 Å². The third-order valence-electron chi connectivity index (χ3n) is 2.15. The molecule has 2 N–H and O–H groups in total. The van der Waals surface area contributed by atoms with Crippen molar-refractivity contribution in [2.24, 2.45) is 0 Å². The number of aromatic hydroxyl groups is 1. The van der Waals surface area contributed by atoms with Gasteiger partial charge in [-0.2, -0.15) is 0 Å². The van der Waals surface area contributed by atoms with Gasteiger partial charge in [-0.15, -0.1) is 0 Å². The molecule has 0 aromatic heterocycles. The summed E-state index contributed by atoms with van der Waals surface area (Å²) in [4.78, 5) is 0. The molecule has 2 nitrogen and oxygen atoms in total. The van der Waals surface area contributed by atoms with E-state index < -0.39 is 0 Å². The number of hydrogen-bond acceptors (Lipinski definition) is 2. The van der Waals surface area contributed by atoms with Gasteiger partial charge in [0.15, 0.2) is 0 Å². The summed E-state index contributed by atoms with van der Waals surface area (Å²) in [5.74, 6) is 0.352. The topological polar surface area (TPSA) is 32.3 Å². The Morgan fingerprint density at radius 3 is 2.62 bits per heavy atom. The predicted molar refractivity (Wildman–Crippen MR) is 58.0 cm³/mol. The molecule has 0 aliphatic rings. The first-order chi connectivity index (χ1) is 6.07. The molecule has 0 fully saturated rings. The quantitative estimate of drug-likeness (QED) is 0.837. The van der Waals surface area contributed by atoms with Crippen LogP contribution in [0.1, 0.15) is 16.7 Å². The Kier molecular flexibility index (Phi) is 3.33. The fourth-order valence-electron chi connectivity index (χ4n) is 1.31. The largest absolute Gasteiger partial charge is 0.506 e. The van der Waals surface area contributed by atoms with Crippen LogP contribution in [0, 0.1) is 13.8 Å². The van der Waals surface area contributed by atoms with Crippen LogP contribution in [-0.4, -0.2) is 12.2 Å². The van der Waals surface area contributed by atoms with Gasteiger partial charge in [-0.25, -0.2) is 0 Å². The van der Waals surface area contributed by atoms with Crippen molar-refractivity contribution >= 4 is 15.9 Å². The average Bonchev–Trinajstić information content (AvgIpc) is 2.11. The van der Waals surface area contributed by atoms with Crippen molar-refractivity contribution in [3.05, 3.63) is 27.2 Å². The van der Waals surface area contributed by atoms with Crippen molar-refractivity contribution in [3.63, 3.8) is 0 Å². The Bertz CT molecular complexity index is 323. The van der Waals surface area contributed by atoms with E-state index >= 15 is 0 Å². The van der Waals surface area contributed by atoms with Gasteiger partial charge in [-0.1, -0.05) is 6.07 Å². The Morgan fingerprint density at radius 2 is 2.08 bits per heavy atom. The molecule has 0 atom stereocenters. The molecular formula is C10H14BrNO. The smallest absolute Gasteiger partial charge is 0.133 e. The van der Waals surface area contributed by atoms with Gasteiger partial charge in [0.2, 0.25) is 0 Å². The molecule has 0 unspecified atom stereocenters. The zero-order valence-electron chi connectivity index (χ0n) is 8.11. The molecule has 0 aliphatic heterocycles. The van der Waals surface area contributed by atoms with E-state index in [-0.39, 0.29) is 0 Å². The van der Waals surface area contributed by atoms with Crippen LogP contribution < -0.4 is 5.32 Å². The van der Waals surface area contributed by atoms with Crippen LogP contribution in [0.15, 0.2) is 10.5 Å². The lowest BCUT2D eigenvalue weighted by molar-refractivity contribution is 0.465. The van der Waals surface area contributed by atoms with Crippen LogP contribution in [0.4, 0.5) is 0 Å². The predicted octanol–water partition coefficient (Wildman–Crippen LogP) is 2.49. The van der Waals surface area contributed by atoms with Gasteiger partial charge in [0, 0.05) is 6.54 Å². The minimum Gasteiger partial charge on any atom is -0.506 e. The zero-order chi connectivity index (χ0) is 10.0. The monoisotopic (exact) mass is 243 g/mol. The van der Waals surface area contributed by atoms with Gasteiger partial charge >= 0.3 is 0 Å². The highest BCUT2D eigenvalue weighted by Gasteiger charge is 2.09. The van der Waals surface area contributed by atoms with Gasteiger partial charge in [0.1, 0.15) is 5.75 Å². The molecule has 1 aromatic carbocycles. The highest BCUT2D eigenvalue weighted by atomic mass is 79.9. The fourth-order valence-corrected chi connectivity index (χ4v) is 1.72. The Labute approximate surface area is 87.1 Å². The maximum absolute atomic E-state index is 9.72. The average molecular weight is 244 g/mol. The summed E-state index contributed by atoms with van der Waals surface area (Å²) in [6, 6.07) is 2.08. The van der Waals surface area contributed by atoms with E-state index in [0.717, 1.165) is 27.7 Å². The minimum atomic E-state index is 0.352. The first-order valence-electron chi connectivity index (χ1n) is 4.20. The van der Waals surface area contributed by atoms with Crippen molar-refractivity contribution < 1.29 is 5.11 Å². The van der Waals surface area contributed by atoms with E-state index in [1.165, 1.54) is 0 Å². The fraction of sp³-hybridized carbons (Fsp3) is 0.400. The molecule has 0 spiro atoms. The van der Waals surface area contributed by atoms with E-state index in [1.807, 2.05) is 20.9 Å². The van der Waals surface area contributed by atoms with Crippen LogP contribution in [0.25, 0.3) is 0 Å². The summed E-state index contributed by atoms with van der Waals surface area (Å²) < 4.78 is 0.796. The Balaban J connectivity index is 3.24. The van der Waals surface area contributed by atoms with E-state index in [4.69, 9.17) is 0 Å². The lowest BCUT2D eigenvalue weighted by Gasteiger charge is -2.11. The second kappa shape index (κ2) is 4.11. The lowest BCUT2D eigenvalue weighted by Crippen LogP contribution is -2.07. The van der Waals surface area contributed by atoms with E-state index in [0.29, 0.717) is 5.75 Å². The van der Waals surface area contributed by atoms with Crippen LogP contribution >= 0.6 is 15.9 Å². The second-order valence-corrected chi connectivity index (χ2v) is 3.96. The molecule has 0 aliphatic carbocycles. The molecule has 0 radical (unpaired) electrons. The molecule has 72 valence electrons. The summed E-state index contributed by atoms with van der Waals surface area (Å²) in [6.07, 6.45) is 0. The molecule has 1 aromatic rings.